The summed E-state index contributed by atoms with van der Waals surface area (Å²) in [6.45, 7) is 4.53. The van der Waals surface area contributed by atoms with Crippen LogP contribution in [0.15, 0.2) is 24.3 Å². The van der Waals surface area contributed by atoms with Crippen molar-refractivity contribution in [2.24, 2.45) is 0 Å². The van der Waals surface area contributed by atoms with Crippen molar-refractivity contribution in [3.05, 3.63) is 24.3 Å². The predicted octanol–water partition coefficient (Wildman–Crippen LogP) is 13.3. The van der Waals surface area contributed by atoms with E-state index in [1.54, 1.807) is 0 Å². The lowest BCUT2D eigenvalue weighted by molar-refractivity contribution is -0.130. The summed E-state index contributed by atoms with van der Waals surface area (Å²) in [4.78, 5) is 12.6. The quantitative estimate of drug-likeness (QED) is 0.0277. The minimum Gasteiger partial charge on any atom is -0.387 e. The van der Waals surface area contributed by atoms with E-state index >= 15 is 0 Å². The van der Waals surface area contributed by atoms with Crippen LogP contribution in [-0.4, -0.2) is 53.1 Å². The molecule has 0 aliphatic heterocycles. The van der Waals surface area contributed by atoms with Crippen LogP contribution in [0.25, 0.3) is 0 Å². The van der Waals surface area contributed by atoms with Gasteiger partial charge >= 0.3 is 0 Å². The van der Waals surface area contributed by atoms with Gasteiger partial charge in [-0.2, -0.15) is 8.42 Å². The van der Waals surface area contributed by atoms with E-state index in [2.05, 4.69) is 31.3 Å². The maximum Gasteiger partial charge on any atom is 0.267 e. The molecule has 4 N–H and O–H groups in total. The van der Waals surface area contributed by atoms with Crippen molar-refractivity contribution in [3.8, 4) is 0 Å². The van der Waals surface area contributed by atoms with E-state index in [-0.39, 0.29) is 6.42 Å². The van der Waals surface area contributed by atoms with Crippen LogP contribution in [0.5, 0.6) is 0 Å². The van der Waals surface area contributed by atoms with Crippen molar-refractivity contribution in [1.29, 1.82) is 0 Å². The highest BCUT2D eigenvalue weighted by Crippen LogP contribution is 2.16. The summed E-state index contributed by atoms with van der Waals surface area (Å²) in [5, 5.41) is 23.5. The third-order valence-electron chi connectivity index (χ3n) is 11.0. The number of unbranched alkanes of at least 4 members (excludes halogenated alkanes) is 32. The summed E-state index contributed by atoms with van der Waals surface area (Å²) in [5.41, 5.74) is 0. The fraction of sp³-hybridized carbons (Fsp3) is 0.894. The van der Waals surface area contributed by atoms with Crippen LogP contribution in [-0.2, 0) is 14.9 Å². The lowest BCUT2D eigenvalue weighted by Crippen LogP contribution is -2.50. The van der Waals surface area contributed by atoms with E-state index in [4.69, 9.17) is 0 Å². The van der Waals surface area contributed by atoms with Crippen LogP contribution in [0.3, 0.4) is 0 Å². The molecule has 0 spiro atoms. The lowest BCUT2D eigenvalue weighted by Gasteiger charge is -2.22. The molecule has 0 aliphatic rings. The molecule has 0 heterocycles. The maximum absolute atomic E-state index is 12.6. The number of rotatable bonds is 43. The van der Waals surface area contributed by atoms with E-state index in [1.165, 1.54) is 179 Å². The zero-order chi connectivity index (χ0) is 40.5. The Kier molecular flexibility index (Phi) is 40.0. The first-order valence-electron chi connectivity index (χ1n) is 23.6. The molecule has 8 heteroatoms. The molecular weight excluding hydrogens is 707 g/mol. The highest BCUT2D eigenvalue weighted by Gasteiger charge is 2.27. The topological polar surface area (TPSA) is 124 Å². The van der Waals surface area contributed by atoms with E-state index in [1.807, 2.05) is 6.08 Å². The van der Waals surface area contributed by atoms with Crippen LogP contribution in [0.1, 0.15) is 245 Å². The van der Waals surface area contributed by atoms with Crippen molar-refractivity contribution < 1.29 is 28.0 Å². The Morgan fingerprint density at radius 1 is 0.491 bits per heavy atom. The Labute approximate surface area is 341 Å². The van der Waals surface area contributed by atoms with Crippen LogP contribution in [0.2, 0.25) is 0 Å². The minimum absolute atomic E-state index is 0.275. The molecule has 1 amide bonds. The maximum atomic E-state index is 12.6. The zero-order valence-electron chi connectivity index (χ0n) is 36.2. The number of aliphatic hydroxyl groups excluding tert-OH is 2. The normalized spacial score (nSPS) is 13.9. The minimum atomic E-state index is -4.44. The Morgan fingerprint density at radius 2 is 0.800 bits per heavy atom. The molecule has 0 aromatic carbocycles. The molecule has 0 aromatic rings. The molecule has 7 nitrogen and oxygen atoms in total. The molecule has 0 radical (unpaired) electrons. The summed E-state index contributed by atoms with van der Waals surface area (Å²) < 4.78 is 32.6. The summed E-state index contributed by atoms with van der Waals surface area (Å²) in [5.74, 6) is -1.53. The Hall–Kier alpha value is -1.22. The second-order valence-electron chi connectivity index (χ2n) is 16.5. The second kappa shape index (κ2) is 41.0. The molecule has 0 fully saturated rings. The Balaban J connectivity index is 3.94. The number of nitrogens with one attached hydrogen (secondary N) is 1. The first-order chi connectivity index (χ1) is 26.7. The molecule has 326 valence electrons. The fourth-order valence-electron chi connectivity index (χ4n) is 7.33. The number of hydrogen-bond acceptors (Lipinski definition) is 5. The van der Waals surface area contributed by atoms with Gasteiger partial charge in [0.05, 0.1) is 17.9 Å². The van der Waals surface area contributed by atoms with Crippen molar-refractivity contribution in [2.45, 2.75) is 263 Å². The molecule has 0 saturated heterocycles. The van der Waals surface area contributed by atoms with Crippen LogP contribution in [0, 0.1) is 0 Å². The van der Waals surface area contributed by atoms with Gasteiger partial charge in [0.25, 0.3) is 10.1 Å². The Bertz CT molecular complexity index is 984. The van der Waals surface area contributed by atoms with Gasteiger partial charge in [0, 0.05) is 0 Å². The number of aliphatic hydroxyl groups is 2. The summed E-state index contributed by atoms with van der Waals surface area (Å²) >= 11 is 0. The molecule has 0 aliphatic carbocycles. The summed E-state index contributed by atoms with van der Waals surface area (Å²) in [7, 11) is -4.44. The summed E-state index contributed by atoms with van der Waals surface area (Å²) in [6.07, 6.45) is 49.5. The average molecular weight is 798 g/mol. The largest absolute Gasteiger partial charge is 0.387 e. The first kappa shape index (κ1) is 53.8. The monoisotopic (exact) mass is 798 g/mol. The highest BCUT2D eigenvalue weighted by molar-refractivity contribution is 7.85. The third kappa shape index (κ3) is 40.8. The van der Waals surface area contributed by atoms with Gasteiger partial charge in [0.2, 0.25) is 5.91 Å². The van der Waals surface area contributed by atoms with Gasteiger partial charge in [0.15, 0.2) is 0 Å². The second-order valence-corrected chi connectivity index (χ2v) is 18.0. The SMILES string of the molecule is CCCCCCCCCCCCC/C=C\CCCCCCCCC(O)C(=O)NC(CS(=O)(=O)O)C(O)/C=C/CCCCCCCCCCCCCCCCC. The van der Waals surface area contributed by atoms with Gasteiger partial charge in [-0.05, 0) is 44.9 Å². The third-order valence-corrected chi connectivity index (χ3v) is 11.8. The van der Waals surface area contributed by atoms with E-state index in [9.17, 15) is 28.0 Å². The molecule has 0 rings (SSSR count). The highest BCUT2D eigenvalue weighted by atomic mass is 32.2. The molecule has 3 unspecified atom stereocenters. The van der Waals surface area contributed by atoms with Crippen LogP contribution < -0.4 is 5.32 Å². The smallest absolute Gasteiger partial charge is 0.267 e. The fourth-order valence-corrected chi connectivity index (χ4v) is 8.07. The van der Waals surface area contributed by atoms with Gasteiger partial charge in [-0.3, -0.25) is 9.35 Å². The van der Waals surface area contributed by atoms with Crippen LogP contribution >= 0.6 is 0 Å². The average Bonchev–Trinajstić information content (AvgIpc) is 3.15. The lowest BCUT2D eigenvalue weighted by atomic mass is 10.0. The van der Waals surface area contributed by atoms with Gasteiger partial charge in [-0.15, -0.1) is 0 Å². The summed E-state index contributed by atoms with van der Waals surface area (Å²) in [6, 6.07) is -1.23. The van der Waals surface area contributed by atoms with Crippen LogP contribution in [0.4, 0.5) is 0 Å². The molecule has 0 aromatic heterocycles. The molecule has 55 heavy (non-hydrogen) atoms. The standard InChI is InChI=1S/C47H91NO6S/c1-3-5-7-9-11-13-15-17-19-21-22-23-24-26-28-30-32-34-36-38-40-42-46(50)47(51)48-44(43-55(52,53)54)45(49)41-39-37-35-33-31-29-27-25-20-18-16-14-12-10-8-6-4-2/h24,26,39,41,44-46,49-50H,3-23,25,27-38,40,42-43H2,1-2H3,(H,48,51)(H,52,53,54)/b26-24-,41-39+. The van der Waals surface area contributed by atoms with Crippen molar-refractivity contribution in [2.75, 3.05) is 5.75 Å². The number of hydrogen-bond donors (Lipinski definition) is 4. The van der Waals surface area contributed by atoms with E-state index in [0.29, 0.717) is 6.42 Å². The van der Waals surface area contributed by atoms with E-state index in [0.717, 1.165) is 44.9 Å². The van der Waals surface area contributed by atoms with Gasteiger partial charge in [-0.1, -0.05) is 224 Å². The van der Waals surface area contributed by atoms with Crippen molar-refractivity contribution in [3.63, 3.8) is 0 Å². The number of amides is 1. The zero-order valence-corrected chi connectivity index (χ0v) is 37.0. The van der Waals surface area contributed by atoms with Crippen molar-refractivity contribution in [1.82, 2.24) is 5.32 Å². The predicted molar refractivity (Wildman–Crippen MR) is 236 cm³/mol. The van der Waals surface area contributed by atoms with Gasteiger partial charge in [0.1, 0.15) is 6.10 Å². The van der Waals surface area contributed by atoms with Crippen molar-refractivity contribution >= 4 is 16.0 Å². The number of allylic oxidation sites excluding steroid dienone is 3. The molecular formula is C47H91NO6S. The van der Waals surface area contributed by atoms with Gasteiger partial charge in [-0.25, -0.2) is 0 Å². The van der Waals surface area contributed by atoms with E-state index < -0.39 is 40.0 Å². The molecule has 0 bridgehead atoms. The molecule has 0 saturated carbocycles. The first-order valence-corrected chi connectivity index (χ1v) is 25.3. The number of carbonyl (C=O) groups is 1. The number of carbonyl (C=O) groups excluding carboxylic acids is 1. The Morgan fingerprint density at radius 3 is 1.15 bits per heavy atom. The van der Waals surface area contributed by atoms with Gasteiger partial charge < -0.3 is 15.5 Å². The molecule has 3 atom stereocenters.